The number of Topliss-reactive ketones (excluding diaryl/α,β-unsaturated/α-hetero) is 1. The molecule has 1 aliphatic heterocycles. The molecule has 0 bridgehead atoms. The topological polar surface area (TPSA) is 81.6 Å². The summed E-state index contributed by atoms with van der Waals surface area (Å²) in [6.07, 6.45) is 4.60. The van der Waals surface area contributed by atoms with Gasteiger partial charge in [0.05, 0.1) is 23.9 Å². The van der Waals surface area contributed by atoms with Gasteiger partial charge in [0, 0.05) is 35.3 Å². The Labute approximate surface area is 123 Å². The number of aromatic amines is 1. The molecule has 2 N–H and O–H groups in total. The van der Waals surface area contributed by atoms with Crippen LogP contribution >= 0.6 is 0 Å². The lowest BCUT2D eigenvalue weighted by atomic mass is 9.69. The first-order chi connectivity index (χ1) is 9.93. The molecule has 0 spiro atoms. The Morgan fingerprint density at radius 2 is 2.19 bits per heavy atom. The SMILES string of the molecule is CC1=C(C#N)[C@@H](c2cnc[nH]2)C2=C(CC(C)(C)CC2=O)N1. The summed E-state index contributed by atoms with van der Waals surface area (Å²) < 4.78 is 0. The maximum absolute atomic E-state index is 12.7. The van der Waals surface area contributed by atoms with E-state index in [1.807, 2.05) is 6.92 Å². The number of H-pyrrole nitrogens is 1. The Morgan fingerprint density at radius 3 is 2.81 bits per heavy atom. The van der Waals surface area contributed by atoms with Crippen LogP contribution in [0.15, 0.2) is 35.1 Å². The van der Waals surface area contributed by atoms with Crippen LogP contribution in [0.3, 0.4) is 0 Å². The first-order valence-corrected chi connectivity index (χ1v) is 7.05. The molecule has 0 radical (unpaired) electrons. The molecule has 5 nitrogen and oxygen atoms in total. The fourth-order valence-corrected chi connectivity index (χ4v) is 3.32. The zero-order valence-electron chi connectivity index (χ0n) is 12.4. The molecule has 1 atom stereocenters. The van der Waals surface area contributed by atoms with Gasteiger partial charge in [0.2, 0.25) is 0 Å². The molecule has 1 aromatic rings. The zero-order valence-corrected chi connectivity index (χ0v) is 12.4. The van der Waals surface area contributed by atoms with E-state index in [-0.39, 0.29) is 17.1 Å². The van der Waals surface area contributed by atoms with Crippen LogP contribution in [0.1, 0.15) is 45.2 Å². The summed E-state index contributed by atoms with van der Waals surface area (Å²) in [5.74, 6) is -0.203. The minimum absolute atomic E-state index is 0.0497. The largest absolute Gasteiger partial charge is 0.361 e. The summed E-state index contributed by atoms with van der Waals surface area (Å²) in [7, 11) is 0. The molecule has 3 rings (SSSR count). The zero-order chi connectivity index (χ0) is 15.2. The van der Waals surface area contributed by atoms with Gasteiger partial charge in [0.15, 0.2) is 5.78 Å². The summed E-state index contributed by atoms with van der Waals surface area (Å²) in [6, 6.07) is 2.25. The molecular formula is C16H18N4O. The summed E-state index contributed by atoms with van der Waals surface area (Å²) in [6.45, 7) is 6.08. The average Bonchev–Trinajstić information content (AvgIpc) is 2.88. The van der Waals surface area contributed by atoms with Crippen molar-refractivity contribution >= 4 is 5.78 Å². The van der Waals surface area contributed by atoms with E-state index in [0.29, 0.717) is 12.0 Å². The normalized spacial score (nSPS) is 24.5. The summed E-state index contributed by atoms with van der Waals surface area (Å²) >= 11 is 0. The Bertz CT molecular complexity index is 701. The second-order valence-corrected chi connectivity index (χ2v) is 6.55. The first kappa shape index (κ1) is 13.6. The van der Waals surface area contributed by atoms with E-state index < -0.39 is 0 Å². The van der Waals surface area contributed by atoms with E-state index in [2.05, 4.69) is 35.2 Å². The van der Waals surface area contributed by atoms with Gasteiger partial charge in [-0.25, -0.2) is 4.98 Å². The molecule has 5 heteroatoms. The Kier molecular flexibility index (Phi) is 2.98. The Morgan fingerprint density at radius 1 is 1.43 bits per heavy atom. The molecule has 21 heavy (non-hydrogen) atoms. The summed E-state index contributed by atoms with van der Waals surface area (Å²) in [4.78, 5) is 19.7. The van der Waals surface area contributed by atoms with E-state index in [4.69, 9.17) is 0 Å². The number of carbonyl (C=O) groups excluding carboxylic acids is 1. The number of allylic oxidation sites excluding steroid dienone is 4. The standard InChI is InChI=1S/C16H18N4O/c1-9-10(6-17)14(12-7-18-8-19-12)15-11(20-9)4-16(2,3)5-13(15)21/h7-8,14,20H,4-5H2,1-3H3,(H,18,19)/t14-/m0/s1. The van der Waals surface area contributed by atoms with Gasteiger partial charge in [-0.2, -0.15) is 5.26 Å². The van der Waals surface area contributed by atoms with Crippen molar-refractivity contribution in [1.29, 1.82) is 5.26 Å². The number of carbonyl (C=O) groups is 1. The van der Waals surface area contributed by atoms with Crippen LogP contribution in [-0.4, -0.2) is 15.8 Å². The Hall–Kier alpha value is -2.35. The summed E-state index contributed by atoms with van der Waals surface area (Å²) in [5.41, 5.74) is 3.83. The average molecular weight is 282 g/mol. The molecular weight excluding hydrogens is 264 g/mol. The second-order valence-electron chi connectivity index (χ2n) is 6.55. The molecule has 2 heterocycles. The van der Waals surface area contributed by atoms with Gasteiger partial charge in [-0.15, -0.1) is 0 Å². The molecule has 0 fully saturated rings. The first-order valence-electron chi connectivity index (χ1n) is 7.05. The van der Waals surface area contributed by atoms with Crippen molar-refractivity contribution in [2.45, 2.75) is 39.5 Å². The van der Waals surface area contributed by atoms with E-state index in [0.717, 1.165) is 29.1 Å². The molecule has 0 amide bonds. The van der Waals surface area contributed by atoms with E-state index in [9.17, 15) is 10.1 Å². The molecule has 0 saturated carbocycles. The Balaban J connectivity index is 2.17. The van der Waals surface area contributed by atoms with E-state index >= 15 is 0 Å². The number of hydrogen-bond acceptors (Lipinski definition) is 4. The van der Waals surface area contributed by atoms with Crippen molar-refractivity contribution in [1.82, 2.24) is 15.3 Å². The number of nitriles is 1. The van der Waals surface area contributed by atoms with Gasteiger partial charge in [-0.05, 0) is 18.8 Å². The van der Waals surface area contributed by atoms with Gasteiger partial charge in [-0.1, -0.05) is 13.8 Å². The second kappa shape index (κ2) is 4.59. The highest BCUT2D eigenvalue weighted by Gasteiger charge is 2.41. The van der Waals surface area contributed by atoms with Crippen molar-refractivity contribution in [2.75, 3.05) is 0 Å². The number of dihydropyridines is 1. The molecule has 0 aromatic carbocycles. The summed E-state index contributed by atoms with van der Waals surface area (Å²) in [5, 5.41) is 12.8. The van der Waals surface area contributed by atoms with Crippen molar-refractivity contribution in [2.24, 2.45) is 5.41 Å². The quantitative estimate of drug-likeness (QED) is 0.829. The molecule has 0 unspecified atom stereocenters. The highest BCUT2D eigenvalue weighted by atomic mass is 16.1. The van der Waals surface area contributed by atoms with Crippen LogP contribution in [-0.2, 0) is 4.79 Å². The van der Waals surface area contributed by atoms with Crippen molar-refractivity contribution in [3.63, 3.8) is 0 Å². The van der Waals surface area contributed by atoms with Crippen LogP contribution in [0, 0.1) is 16.7 Å². The van der Waals surface area contributed by atoms with Crippen LogP contribution < -0.4 is 5.32 Å². The lowest BCUT2D eigenvalue weighted by molar-refractivity contribution is -0.118. The number of aromatic nitrogens is 2. The lowest BCUT2D eigenvalue weighted by Crippen LogP contribution is -2.36. The predicted molar refractivity (Wildman–Crippen MR) is 77.8 cm³/mol. The monoisotopic (exact) mass is 282 g/mol. The lowest BCUT2D eigenvalue weighted by Gasteiger charge is -2.38. The van der Waals surface area contributed by atoms with Gasteiger partial charge < -0.3 is 10.3 Å². The fourth-order valence-electron chi connectivity index (χ4n) is 3.32. The molecule has 108 valence electrons. The third-order valence-corrected chi connectivity index (χ3v) is 4.19. The molecule has 1 aromatic heterocycles. The van der Waals surface area contributed by atoms with Crippen molar-refractivity contribution < 1.29 is 4.79 Å². The van der Waals surface area contributed by atoms with Crippen LogP contribution in [0.4, 0.5) is 0 Å². The molecule has 0 saturated heterocycles. The minimum Gasteiger partial charge on any atom is -0.361 e. The maximum atomic E-state index is 12.7. The van der Waals surface area contributed by atoms with Gasteiger partial charge in [0.1, 0.15) is 0 Å². The smallest absolute Gasteiger partial charge is 0.162 e. The maximum Gasteiger partial charge on any atom is 0.162 e. The van der Waals surface area contributed by atoms with Gasteiger partial charge in [-0.3, -0.25) is 4.79 Å². The van der Waals surface area contributed by atoms with Crippen molar-refractivity contribution in [3.05, 3.63) is 40.8 Å². The predicted octanol–water partition coefficient (Wildman–Crippen LogP) is 2.54. The van der Waals surface area contributed by atoms with Gasteiger partial charge >= 0.3 is 0 Å². The number of hydrogen-bond donors (Lipinski definition) is 2. The molecule has 2 aliphatic rings. The third-order valence-electron chi connectivity index (χ3n) is 4.19. The van der Waals surface area contributed by atoms with Crippen LogP contribution in [0.25, 0.3) is 0 Å². The minimum atomic E-state index is -0.322. The van der Waals surface area contributed by atoms with Crippen LogP contribution in [0.5, 0.6) is 0 Å². The number of rotatable bonds is 1. The number of ketones is 1. The number of nitrogens with one attached hydrogen (secondary N) is 2. The number of imidazole rings is 1. The van der Waals surface area contributed by atoms with Crippen LogP contribution in [0.2, 0.25) is 0 Å². The highest BCUT2D eigenvalue weighted by molar-refractivity contribution is 6.00. The third kappa shape index (κ3) is 2.17. The fraction of sp³-hybridized carbons (Fsp3) is 0.438. The molecule has 1 aliphatic carbocycles. The number of nitrogens with zero attached hydrogens (tertiary/aromatic N) is 2. The van der Waals surface area contributed by atoms with Crippen molar-refractivity contribution in [3.8, 4) is 6.07 Å². The van der Waals surface area contributed by atoms with E-state index in [1.54, 1.807) is 12.5 Å². The van der Waals surface area contributed by atoms with E-state index in [1.165, 1.54) is 0 Å². The highest BCUT2D eigenvalue weighted by Crippen LogP contribution is 2.45. The van der Waals surface area contributed by atoms with Gasteiger partial charge in [0.25, 0.3) is 0 Å².